The quantitative estimate of drug-likeness (QED) is 0.868. The number of carboxylic acid groups (broad SMARTS) is 1. The van der Waals surface area contributed by atoms with Gasteiger partial charge in [0.25, 0.3) is 5.91 Å². The fourth-order valence-corrected chi connectivity index (χ4v) is 3.18. The van der Waals surface area contributed by atoms with E-state index in [1.165, 1.54) is 0 Å². The molecule has 1 aromatic heterocycles. The predicted octanol–water partition coefficient (Wildman–Crippen LogP) is 3.15. The number of halogens is 1. The fraction of sp³-hybridized carbons (Fsp3) is 0.214. The first-order chi connectivity index (χ1) is 9.88. The van der Waals surface area contributed by atoms with Crippen LogP contribution in [0.5, 0.6) is 0 Å². The van der Waals surface area contributed by atoms with Crippen LogP contribution in [0.4, 0.5) is 0 Å². The lowest BCUT2D eigenvalue weighted by Gasteiger charge is -2.06. The van der Waals surface area contributed by atoms with Gasteiger partial charge in [-0.2, -0.15) is 0 Å². The average molecular weight is 369 g/mol. The van der Waals surface area contributed by atoms with Gasteiger partial charge in [-0.05, 0) is 37.6 Å². The number of rotatable bonds is 4. The molecule has 2 aromatic rings. The van der Waals surface area contributed by atoms with Crippen LogP contribution < -0.4 is 5.32 Å². The van der Waals surface area contributed by atoms with Crippen LogP contribution in [0, 0.1) is 13.8 Å². The van der Waals surface area contributed by atoms with Crippen LogP contribution in [0.25, 0.3) is 0 Å². The summed E-state index contributed by atoms with van der Waals surface area (Å²) >= 11 is 4.43. The number of hydrogen-bond donors (Lipinski definition) is 2. The van der Waals surface area contributed by atoms with Gasteiger partial charge in [-0.15, -0.1) is 11.3 Å². The third kappa shape index (κ3) is 3.68. The number of thiazole rings is 1. The molecule has 2 N–H and O–H groups in total. The van der Waals surface area contributed by atoms with Crippen molar-refractivity contribution in [2.24, 2.45) is 0 Å². The van der Waals surface area contributed by atoms with Gasteiger partial charge in [0.15, 0.2) is 0 Å². The summed E-state index contributed by atoms with van der Waals surface area (Å²) in [6.45, 7) is 3.72. The molecule has 0 aliphatic heterocycles. The summed E-state index contributed by atoms with van der Waals surface area (Å²) in [4.78, 5) is 27.4. The van der Waals surface area contributed by atoms with Crippen molar-refractivity contribution in [2.45, 2.75) is 20.4 Å². The first-order valence-electron chi connectivity index (χ1n) is 6.12. The number of hydrogen-bond acceptors (Lipinski definition) is 4. The van der Waals surface area contributed by atoms with E-state index in [4.69, 9.17) is 5.11 Å². The molecule has 1 amide bonds. The first kappa shape index (κ1) is 15.7. The summed E-state index contributed by atoms with van der Waals surface area (Å²) in [6.07, 6.45) is 0. The predicted molar refractivity (Wildman–Crippen MR) is 83.9 cm³/mol. The van der Waals surface area contributed by atoms with E-state index in [9.17, 15) is 9.59 Å². The molecule has 0 radical (unpaired) electrons. The highest BCUT2D eigenvalue weighted by atomic mass is 79.9. The zero-order chi connectivity index (χ0) is 15.6. The Kier molecular flexibility index (Phi) is 4.74. The van der Waals surface area contributed by atoms with Crippen molar-refractivity contribution >= 4 is 39.1 Å². The summed E-state index contributed by atoms with van der Waals surface area (Å²) in [5.41, 5.74) is 1.92. The lowest BCUT2D eigenvalue weighted by atomic mass is 10.1. The van der Waals surface area contributed by atoms with Crippen LogP contribution in [-0.4, -0.2) is 22.0 Å². The van der Waals surface area contributed by atoms with Crippen LogP contribution >= 0.6 is 27.3 Å². The third-order valence-corrected chi connectivity index (χ3v) is 4.51. The molecule has 5 nitrogen and oxygen atoms in total. The highest BCUT2D eigenvalue weighted by Crippen LogP contribution is 2.19. The third-order valence-electron chi connectivity index (χ3n) is 2.87. The molecule has 0 bridgehead atoms. The van der Waals surface area contributed by atoms with E-state index in [1.54, 1.807) is 19.1 Å². The van der Waals surface area contributed by atoms with E-state index >= 15 is 0 Å². The molecule has 0 atom stereocenters. The average Bonchev–Trinajstić information content (AvgIpc) is 2.77. The standard InChI is InChI=1S/C14H13BrN2O3S/c1-7-5-9(15)3-4-10(7)13(18)16-6-11-17-8(2)12(21-11)14(19)20/h3-5H,6H2,1-2H3,(H,16,18)(H,19,20). The number of amides is 1. The maximum atomic E-state index is 12.1. The second-order valence-corrected chi connectivity index (χ2v) is 6.47. The molecule has 0 unspecified atom stereocenters. The molecule has 0 fully saturated rings. The second-order valence-electron chi connectivity index (χ2n) is 4.47. The maximum absolute atomic E-state index is 12.1. The number of aromatic nitrogens is 1. The Balaban J connectivity index is 2.07. The van der Waals surface area contributed by atoms with Crippen molar-refractivity contribution in [3.63, 3.8) is 0 Å². The minimum atomic E-state index is -0.994. The van der Waals surface area contributed by atoms with Gasteiger partial charge in [0.05, 0.1) is 12.2 Å². The molecule has 0 aliphatic rings. The van der Waals surface area contributed by atoms with Crippen LogP contribution in [0.1, 0.15) is 36.3 Å². The number of nitrogens with one attached hydrogen (secondary N) is 1. The Morgan fingerprint density at radius 2 is 2.10 bits per heavy atom. The van der Waals surface area contributed by atoms with E-state index in [-0.39, 0.29) is 17.3 Å². The SMILES string of the molecule is Cc1cc(Br)ccc1C(=O)NCc1nc(C)c(C(=O)O)s1. The van der Waals surface area contributed by atoms with Gasteiger partial charge in [0.1, 0.15) is 9.88 Å². The highest BCUT2D eigenvalue weighted by Gasteiger charge is 2.15. The summed E-state index contributed by atoms with van der Waals surface area (Å²) < 4.78 is 0.915. The minimum Gasteiger partial charge on any atom is -0.477 e. The van der Waals surface area contributed by atoms with Gasteiger partial charge >= 0.3 is 5.97 Å². The molecular formula is C14H13BrN2O3S. The largest absolute Gasteiger partial charge is 0.477 e. The molecule has 0 saturated heterocycles. The highest BCUT2D eigenvalue weighted by molar-refractivity contribution is 9.10. The summed E-state index contributed by atoms with van der Waals surface area (Å²) in [5, 5.41) is 12.3. The molecular weight excluding hydrogens is 356 g/mol. The monoisotopic (exact) mass is 368 g/mol. The molecule has 1 aromatic carbocycles. The maximum Gasteiger partial charge on any atom is 0.347 e. The second kappa shape index (κ2) is 6.36. The van der Waals surface area contributed by atoms with Crippen molar-refractivity contribution in [1.29, 1.82) is 0 Å². The number of carbonyl (C=O) groups is 2. The number of carbonyl (C=O) groups excluding carboxylic acids is 1. The van der Waals surface area contributed by atoms with E-state index in [1.807, 2.05) is 13.0 Å². The normalized spacial score (nSPS) is 10.4. The molecule has 2 rings (SSSR count). The van der Waals surface area contributed by atoms with Crippen LogP contribution in [0.15, 0.2) is 22.7 Å². The lowest BCUT2D eigenvalue weighted by molar-refractivity contribution is 0.0701. The number of aromatic carboxylic acids is 1. The van der Waals surface area contributed by atoms with Crippen molar-refractivity contribution in [3.05, 3.63) is 49.4 Å². The molecule has 7 heteroatoms. The van der Waals surface area contributed by atoms with Gasteiger partial charge in [0, 0.05) is 10.0 Å². The van der Waals surface area contributed by atoms with Crippen LogP contribution in [0.2, 0.25) is 0 Å². The number of nitrogens with zero attached hydrogens (tertiary/aromatic N) is 1. The van der Waals surface area contributed by atoms with Gasteiger partial charge < -0.3 is 10.4 Å². The van der Waals surface area contributed by atoms with E-state index in [0.717, 1.165) is 21.4 Å². The van der Waals surface area contributed by atoms with Crippen molar-refractivity contribution in [1.82, 2.24) is 10.3 Å². The number of carboxylic acids is 1. The van der Waals surface area contributed by atoms with Crippen molar-refractivity contribution < 1.29 is 14.7 Å². The molecule has 110 valence electrons. The Hall–Kier alpha value is -1.73. The summed E-state index contributed by atoms with van der Waals surface area (Å²) in [6, 6.07) is 5.41. The molecule has 0 aliphatic carbocycles. The Morgan fingerprint density at radius 3 is 2.67 bits per heavy atom. The van der Waals surface area contributed by atoms with Gasteiger partial charge in [-0.1, -0.05) is 15.9 Å². The minimum absolute atomic E-state index is 0.204. The first-order valence-corrected chi connectivity index (χ1v) is 7.73. The van der Waals surface area contributed by atoms with E-state index in [2.05, 4.69) is 26.2 Å². The van der Waals surface area contributed by atoms with Gasteiger partial charge in [0.2, 0.25) is 0 Å². The number of benzene rings is 1. The Bertz CT molecular complexity index is 712. The van der Waals surface area contributed by atoms with Gasteiger partial charge in [-0.25, -0.2) is 9.78 Å². The zero-order valence-corrected chi connectivity index (χ0v) is 13.8. The molecule has 1 heterocycles. The topological polar surface area (TPSA) is 79.3 Å². The molecule has 0 saturated carbocycles. The van der Waals surface area contributed by atoms with Crippen molar-refractivity contribution in [2.75, 3.05) is 0 Å². The zero-order valence-electron chi connectivity index (χ0n) is 11.4. The van der Waals surface area contributed by atoms with Crippen molar-refractivity contribution in [3.8, 4) is 0 Å². The number of aryl methyl sites for hydroxylation is 2. The fourth-order valence-electron chi connectivity index (χ4n) is 1.86. The Morgan fingerprint density at radius 1 is 1.38 bits per heavy atom. The van der Waals surface area contributed by atoms with Crippen LogP contribution in [0.3, 0.4) is 0 Å². The Labute approximate surface area is 134 Å². The summed E-state index contributed by atoms with van der Waals surface area (Å²) in [7, 11) is 0. The lowest BCUT2D eigenvalue weighted by Crippen LogP contribution is -2.23. The summed E-state index contributed by atoms with van der Waals surface area (Å²) in [5.74, 6) is -1.20. The van der Waals surface area contributed by atoms with Gasteiger partial charge in [-0.3, -0.25) is 4.79 Å². The smallest absolute Gasteiger partial charge is 0.347 e. The molecule has 21 heavy (non-hydrogen) atoms. The molecule has 0 spiro atoms. The van der Waals surface area contributed by atoms with Crippen LogP contribution in [-0.2, 0) is 6.54 Å². The van der Waals surface area contributed by atoms with E-state index in [0.29, 0.717) is 16.3 Å². The van der Waals surface area contributed by atoms with E-state index < -0.39 is 5.97 Å².